The fourth-order valence-corrected chi connectivity index (χ4v) is 3.28. The van der Waals surface area contributed by atoms with E-state index in [1.165, 1.54) is 6.42 Å². The van der Waals surface area contributed by atoms with Crippen molar-refractivity contribution in [3.63, 3.8) is 0 Å². The zero-order valence-corrected chi connectivity index (χ0v) is 13.0. The van der Waals surface area contributed by atoms with Crippen LogP contribution in [0.15, 0.2) is 0 Å². The first-order valence-electron chi connectivity index (χ1n) is 8.02. The largest absolute Gasteiger partial charge is 0.481 e. The van der Waals surface area contributed by atoms with Gasteiger partial charge in [0, 0.05) is 19.5 Å². The summed E-state index contributed by atoms with van der Waals surface area (Å²) >= 11 is 0. The molecule has 0 bridgehead atoms. The van der Waals surface area contributed by atoms with Crippen LogP contribution in [0.25, 0.3) is 0 Å². The summed E-state index contributed by atoms with van der Waals surface area (Å²) in [6.45, 7) is 5.64. The number of amides is 1. The standard InChI is InChI=1S/C16H29NO3/c1-3-5-11-17(4-2)14(18)12-16(13-15(19)20)9-7-6-8-10-16/h3-13H2,1-2H3,(H,19,20). The zero-order chi connectivity index (χ0) is 15.0. The van der Waals surface area contributed by atoms with Crippen LogP contribution in [-0.2, 0) is 9.59 Å². The number of rotatable bonds is 8. The maximum Gasteiger partial charge on any atom is 0.303 e. The van der Waals surface area contributed by atoms with Crippen LogP contribution in [0, 0.1) is 5.41 Å². The van der Waals surface area contributed by atoms with Crippen LogP contribution in [0.3, 0.4) is 0 Å². The van der Waals surface area contributed by atoms with E-state index in [2.05, 4.69) is 6.92 Å². The van der Waals surface area contributed by atoms with Gasteiger partial charge < -0.3 is 10.0 Å². The van der Waals surface area contributed by atoms with Crippen molar-refractivity contribution in [2.45, 2.75) is 71.6 Å². The molecule has 0 spiro atoms. The third-order valence-electron chi connectivity index (χ3n) is 4.48. The molecule has 1 rings (SSSR count). The van der Waals surface area contributed by atoms with E-state index in [9.17, 15) is 9.59 Å². The second-order valence-corrected chi connectivity index (χ2v) is 6.13. The molecule has 1 aliphatic carbocycles. The van der Waals surface area contributed by atoms with Crippen molar-refractivity contribution in [3.05, 3.63) is 0 Å². The molecule has 0 radical (unpaired) electrons. The first-order chi connectivity index (χ1) is 9.53. The summed E-state index contributed by atoms with van der Waals surface area (Å²) in [5.74, 6) is -0.625. The van der Waals surface area contributed by atoms with E-state index in [0.29, 0.717) is 6.42 Å². The summed E-state index contributed by atoms with van der Waals surface area (Å²) in [6, 6.07) is 0. The van der Waals surface area contributed by atoms with Crippen LogP contribution < -0.4 is 0 Å². The zero-order valence-electron chi connectivity index (χ0n) is 13.0. The van der Waals surface area contributed by atoms with Crippen LogP contribution in [0.2, 0.25) is 0 Å². The van der Waals surface area contributed by atoms with Gasteiger partial charge >= 0.3 is 5.97 Å². The molecule has 1 N–H and O–H groups in total. The van der Waals surface area contributed by atoms with Gasteiger partial charge in [0.25, 0.3) is 0 Å². The van der Waals surface area contributed by atoms with Crippen molar-refractivity contribution in [2.75, 3.05) is 13.1 Å². The van der Waals surface area contributed by atoms with Crippen LogP contribution in [0.5, 0.6) is 0 Å². The van der Waals surface area contributed by atoms with Gasteiger partial charge in [0.15, 0.2) is 0 Å². The minimum absolute atomic E-state index is 0.143. The molecular weight excluding hydrogens is 254 g/mol. The lowest BCUT2D eigenvalue weighted by atomic mass is 9.69. The molecule has 1 fully saturated rings. The maximum absolute atomic E-state index is 12.5. The number of carbonyl (C=O) groups is 2. The predicted molar refractivity (Wildman–Crippen MR) is 79.5 cm³/mol. The second-order valence-electron chi connectivity index (χ2n) is 6.13. The van der Waals surface area contributed by atoms with E-state index in [1.807, 2.05) is 11.8 Å². The lowest BCUT2D eigenvalue weighted by molar-refractivity contribution is -0.142. The lowest BCUT2D eigenvalue weighted by Crippen LogP contribution is -2.38. The Morgan fingerprint density at radius 1 is 1.10 bits per heavy atom. The molecule has 20 heavy (non-hydrogen) atoms. The smallest absolute Gasteiger partial charge is 0.303 e. The summed E-state index contributed by atoms with van der Waals surface area (Å²) in [6.07, 6.45) is 7.70. The van der Waals surface area contributed by atoms with Gasteiger partial charge in [-0.25, -0.2) is 0 Å². The highest BCUT2D eigenvalue weighted by molar-refractivity contribution is 5.78. The Balaban J connectivity index is 2.67. The molecule has 0 aromatic carbocycles. The van der Waals surface area contributed by atoms with E-state index in [4.69, 9.17) is 5.11 Å². The number of nitrogens with zero attached hydrogens (tertiary/aromatic N) is 1. The number of carboxylic acid groups (broad SMARTS) is 1. The van der Waals surface area contributed by atoms with Crippen LogP contribution in [0.1, 0.15) is 71.6 Å². The van der Waals surface area contributed by atoms with E-state index >= 15 is 0 Å². The predicted octanol–water partition coefficient (Wildman–Crippen LogP) is 3.45. The number of hydrogen-bond donors (Lipinski definition) is 1. The fraction of sp³-hybridized carbons (Fsp3) is 0.875. The molecule has 0 unspecified atom stereocenters. The molecule has 0 aromatic heterocycles. The summed E-state index contributed by atoms with van der Waals surface area (Å²) in [7, 11) is 0. The van der Waals surface area contributed by atoms with E-state index in [0.717, 1.165) is 51.6 Å². The minimum atomic E-state index is -0.767. The van der Waals surface area contributed by atoms with Crippen LogP contribution >= 0.6 is 0 Å². The molecule has 4 nitrogen and oxygen atoms in total. The second kappa shape index (κ2) is 8.28. The fourth-order valence-electron chi connectivity index (χ4n) is 3.28. The Kier molecular flexibility index (Phi) is 7.03. The molecule has 1 aliphatic rings. The molecule has 0 aliphatic heterocycles. The topological polar surface area (TPSA) is 57.6 Å². The van der Waals surface area contributed by atoms with Gasteiger partial charge in [-0.1, -0.05) is 32.6 Å². The average Bonchev–Trinajstić information content (AvgIpc) is 2.39. The van der Waals surface area contributed by atoms with Gasteiger partial charge in [-0.15, -0.1) is 0 Å². The van der Waals surface area contributed by atoms with Gasteiger partial charge in [-0.05, 0) is 31.6 Å². The molecule has 4 heteroatoms. The highest BCUT2D eigenvalue weighted by Gasteiger charge is 2.37. The average molecular weight is 283 g/mol. The Morgan fingerprint density at radius 3 is 2.25 bits per heavy atom. The highest BCUT2D eigenvalue weighted by Crippen LogP contribution is 2.42. The van der Waals surface area contributed by atoms with Gasteiger partial charge in [-0.2, -0.15) is 0 Å². The Morgan fingerprint density at radius 2 is 1.75 bits per heavy atom. The molecule has 116 valence electrons. The number of carbonyl (C=O) groups excluding carboxylic acids is 1. The van der Waals surface area contributed by atoms with E-state index < -0.39 is 5.97 Å². The molecule has 0 heterocycles. The molecule has 0 saturated heterocycles. The molecule has 0 aromatic rings. The van der Waals surface area contributed by atoms with Crippen molar-refractivity contribution in [1.82, 2.24) is 4.90 Å². The van der Waals surface area contributed by atoms with Gasteiger partial charge in [0.1, 0.15) is 0 Å². The number of aliphatic carboxylic acids is 1. The van der Waals surface area contributed by atoms with Crippen molar-refractivity contribution >= 4 is 11.9 Å². The van der Waals surface area contributed by atoms with Crippen molar-refractivity contribution in [1.29, 1.82) is 0 Å². The minimum Gasteiger partial charge on any atom is -0.481 e. The first kappa shape index (κ1) is 17.0. The monoisotopic (exact) mass is 283 g/mol. The van der Waals surface area contributed by atoms with Crippen LogP contribution in [0.4, 0.5) is 0 Å². The van der Waals surface area contributed by atoms with Crippen molar-refractivity contribution in [3.8, 4) is 0 Å². The number of hydrogen-bond acceptors (Lipinski definition) is 2. The van der Waals surface area contributed by atoms with Crippen molar-refractivity contribution < 1.29 is 14.7 Å². The van der Waals surface area contributed by atoms with Gasteiger partial charge in [0.2, 0.25) is 5.91 Å². The first-order valence-corrected chi connectivity index (χ1v) is 8.02. The van der Waals surface area contributed by atoms with Crippen LogP contribution in [-0.4, -0.2) is 35.0 Å². The maximum atomic E-state index is 12.5. The third-order valence-corrected chi connectivity index (χ3v) is 4.48. The SMILES string of the molecule is CCCCN(CC)C(=O)CC1(CC(=O)O)CCCCC1. The third kappa shape index (κ3) is 5.14. The van der Waals surface area contributed by atoms with E-state index in [1.54, 1.807) is 0 Å². The lowest BCUT2D eigenvalue weighted by Gasteiger charge is -2.37. The van der Waals surface area contributed by atoms with Gasteiger partial charge in [0.05, 0.1) is 6.42 Å². The highest BCUT2D eigenvalue weighted by atomic mass is 16.4. The summed E-state index contributed by atoms with van der Waals surface area (Å²) in [5, 5.41) is 9.16. The quantitative estimate of drug-likeness (QED) is 0.742. The molecular formula is C16H29NO3. The Hall–Kier alpha value is -1.06. The van der Waals surface area contributed by atoms with Crippen molar-refractivity contribution in [2.24, 2.45) is 5.41 Å². The Labute approximate surface area is 122 Å². The molecule has 1 amide bonds. The summed E-state index contributed by atoms with van der Waals surface area (Å²) in [5.41, 5.74) is -0.291. The molecule has 0 atom stereocenters. The number of carboxylic acids is 1. The normalized spacial score (nSPS) is 17.7. The summed E-state index contributed by atoms with van der Waals surface area (Å²) in [4.78, 5) is 25.5. The Bertz CT molecular complexity index is 322. The number of unbranched alkanes of at least 4 members (excludes halogenated alkanes) is 1. The molecule has 1 saturated carbocycles. The van der Waals surface area contributed by atoms with Gasteiger partial charge in [-0.3, -0.25) is 9.59 Å². The summed E-state index contributed by atoms with van der Waals surface area (Å²) < 4.78 is 0. The van der Waals surface area contributed by atoms with E-state index in [-0.39, 0.29) is 17.7 Å².